The quantitative estimate of drug-likeness (QED) is 0.0222. The van der Waals surface area contributed by atoms with E-state index in [-0.39, 0.29) is 25.7 Å². The molecule has 588 valence electrons. The molecule has 0 rings (SSSR count). The van der Waals surface area contributed by atoms with Gasteiger partial charge in [0.2, 0.25) is 0 Å². The molecule has 0 aromatic carbocycles. The Morgan fingerprint density at radius 1 is 0.273 bits per heavy atom. The van der Waals surface area contributed by atoms with Crippen LogP contribution in [0.5, 0.6) is 0 Å². The first-order valence-electron chi connectivity index (χ1n) is 41.6. The van der Waals surface area contributed by atoms with Gasteiger partial charge in [-0.05, 0) is 31.6 Å². The fourth-order valence-corrected chi connectivity index (χ4v) is 14.0. The molecule has 0 aliphatic heterocycles. The molecule has 0 aromatic rings. The lowest BCUT2D eigenvalue weighted by molar-refractivity contribution is -0.161. The number of hydrogen-bond donors (Lipinski definition) is 3. The molecular weight excluding hydrogens is 1290 g/mol. The van der Waals surface area contributed by atoms with Gasteiger partial charge in [0.05, 0.1) is 26.4 Å². The molecule has 0 saturated carbocycles. The van der Waals surface area contributed by atoms with Crippen LogP contribution in [0.2, 0.25) is 0 Å². The van der Waals surface area contributed by atoms with Gasteiger partial charge in [-0.2, -0.15) is 0 Å². The summed E-state index contributed by atoms with van der Waals surface area (Å²) in [4.78, 5) is 73.0. The molecule has 0 aliphatic rings. The van der Waals surface area contributed by atoms with Gasteiger partial charge in [0, 0.05) is 25.7 Å². The first-order chi connectivity index (χ1) is 48.0. The molecule has 0 heterocycles. The average Bonchev–Trinajstić information content (AvgIpc) is 1.09. The first kappa shape index (κ1) is 97.1. The Hall–Kier alpha value is -1.94. The number of unbranched alkanes of at least 4 members (excludes halogenated alkanes) is 52. The van der Waals surface area contributed by atoms with Crippen molar-refractivity contribution in [2.24, 2.45) is 5.92 Å². The van der Waals surface area contributed by atoms with E-state index in [0.717, 1.165) is 95.8 Å². The number of carbonyl (C=O) groups excluding carboxylic acids is 4. The van der Waals surface area contributed by atoms with E-state index in [0.29, 0.717) is 25.7 Å². The largest absolute Gasteiger partial charge is 0.472 e. The monoisotopic (exact) mass is 1450 g/mol. The fraction of sp³-hybridized carbons (Fsp3) is 0.950. The molecule has 0 spiro atoms. The minimum absolute atomic E-state index is 0.108. The van der Waals surface area contributed by atoms with Gasteiger partial charge in [0.25, 0.3) is 0 Å². The predicted octanol–water partition coefficient (Wildman–Crippen LogP) is 24.0. The SMILES string of the molecule is CCCCCCCCCCCCCCCCCCCCCCC(=O)O[C@H](COC(=O)CCCCCCCCCCCCCCCC(C)C)COP(=O)(O)OC[C@@H](O)COP(=O)(O)OC[C@@H](COC(=O)CCCCCCCCCCCCC)OC(=O)CCCCCCCCCCCCCC. The third kappa shape index (κ3) is 74.1. The lowest BCUT2D eigenvalue weighted by Gasteiger charge is -2.21. The molecular formula is C80H156O17P2. The van der Waals surface area contributed by atoms with E-state index in [1.54, 1.807) is 0 Å². The molecule has 0 aromatic heterocycles. The molecule has 0 radical (unpaired) electrons. The molecule has 2 unspecified atom stereocenters. The number of aliphatic hydroxyl groups is 1. The zero-order chi connectivity index (χ0) is 72.7. The van der Waals surface area contributed by atoms with E-state index in [2.05, 4.69) is 34.6 Å². The highest BCUT2D eigenvalue weighted by Gasteiger charge is 2.30. The second-order valence-electron chi connectivity index (χ2n) is 29.3. The van der Waals surface area contributed by atoms with Crippen LogP contribution >= 0.6 is 15.6 Å². The number of phosphoric ester groups is 2. The van der Waals surface area contributed by atoms with Crippen LogP contribution in [0.1, 0.15) is 426 Å². The molecule has 0 aliphatic carbocycles. The van der Waals surface area contributed by atoms with Gasteiger partial charge in [-0.15, -0.1) is 0 Å². The number of aliphatic hydroxyl groups excluding tert-OH is 1. The van der Waals surface area contributed by atoms with Crippen LogP contribution in [0.25, 0.3) is 0 Å². The molecule has 3 N–H and O–H groups in total. The van der Waals surface area contributed by atoms with Crippen molar-refractivity contribution in [1.29, 1.82) is 0 Å². The average molecular weight is 1450 g/mol. The zero-order valence-corrected chi connectivity index (χ0v) is 66.4. The maximum atomic E-state index is 13.1. The Kier molecular flexibility index (Phi) is 71.6. The summed E-state index contributed by atoms with van der Waals surface area (Å²) in [5, 5.41) is 10.6. The number of ether oxygens (including phenoxy) is 4. The summed E-state index contributed by atoms with van der Waals surface area (Å²) < 4.78 is 68.7. The Balaban J connectivity index is 5.23. The van der Waals surface area contributed by atoms with Gasteiger partial charge in [0.1, 0.15) is 19.3 Å². The van der Waals surface area contributed by atoms with Crippen molar-refractivity contribution < 1.29 is 80.2 Å². The third-order valence-corrected chi connectivity index (χ3v) is 20.7. The van der Waals surface area contributed by atoms with E-state index in [4.69, 9.17) is 37.0 Å². The Labute approximate surface area is 607 Å². The Bertz CT molecular complexity index is 1890. The van der Waals surface area contributed by atoms with Gasteiger partial charge >= 0.3 is 39.5 Å². The maximum Gasteiger partial charge on any atom is 0.472 e. The molecule has 99 heavy (non-hydrogen) atoms. The second-order valence-corrected chi connectivity index (χ2v) is 32.2. The molecule has 5 atom stereocenters. The van der Waals surface area contributed by atoms with Crippen LogP contribution in [-0.4, -0.2) is 96.7 Å². The molecule has 17 nitrogen and oxygen atoms in total. The van der Waals surface area contributed by atoms with Crippen molar-refractivity contribution in [3.8, 4) is 0 Å². The van der Waals surface area contributed by atoms with E-state index >= 15 is 0 Å². The van der Waals surface area contributed by atoms with Crippen molar-refractivity contribution in [2.45, 2.75) is 445 Å². The van der Waals surface area contributed by atoms with Gasteiger partial charge in [0.15, 0.2) is 12.2 Å². The lowest BCUT2D eigenvalue weighted by Crippen LogP contribution is -2.30. The highest BCUT2D eigenvalue weighted by Crippen LogP contribution is 2.45. The zero-order valence-electron chi connectivity index (χ0n) is 64.6. The number of rotatable bonds is 80. The smallest absolute Gasteiger partial charge is 0.462 e. The topological polar surface area (TPSA) is 237 Å². The van der Waals surface area contributed by atoms with Crippen molar-refractivity contribution in [2.75, 3.05) is 39.6 Å². The van der Waals surface area contributed by atoms with Crippen LogP contribution < -0.4 is 0 Å². The summed E-state index contributed by atoms with van der Waals surface area (Å²) >= 11 is 0. The van der Waals surface area contributed by atoms with E-state index in [9.17, 15) is 43.2 Å². The van der Waals surface area contributed by atoms with Crippen LogP contribution in [0.15, 0.2) is 0 Å². The van der Waals surface area contributed by atoms with E-state index < -0.39 is 97.5 Å². The molecule has 0 fully saturated rings. The molecule has 0 saturated heterocycles. The molecule has 0 bridgehead atoms. The van der Waals surface area contributed by atoms with Gasteiger partial charge < -0.3 is 33.8 Å². The minimum atomic E-state index is -4.96. The number of esters is 4. The fourth-order valence-electron chi connectivity index (χ4n) is 12.4. The summed E-state index contributed by atoms with van der Waals surface area (Å²) in [6, 6.07) is 0. The maximum absolute atomic E-state index is 13.1. The first-order valence-corrected chi connectivity index (χ1v) is 44.6. The van der Waals surface area contributed by atoms with Crippen LogP contribution in [0.4, 0.5) is 0 Å². The minimum Gasteiger partial charge on any atom is -0.462 e. The van der Waals surface area contributed by atoms with Crippen LogP contribution in [0, 0.1) is 5.92 Å². The predicted molar refractivity (Wildman–Crippen MR) is 405 cm³/mol. The van der Waals surface area contributed by atoms with Crippen molar-refractivity contribution in [3.63, 3.8) is 0 Å². The van der Waals surface area contributed by atoms with E-state index in [1.165, 1.54) is 250 Å². The molecule has 19 heteroatoms. The molecule has 0 amide bonds. The van der Waals surface area contributed by atoms with Gasteiger partial charge in [-0.25, -0.2) is 9.13 Å². The number of hydrogen-bond acceptors (Lipinski definition) is 15. The second kappa shape index (κ2) is 73.0. The van der Waals surface area contributed by atoms with Crippen LogP contribution in [0.3, 0.4) is 0 Å². The summed E-state index contributed by atoms with van der Waals surface area (Å²) in [6.45, 7) is 7.34. The summed E-state index contributed by atoms with van der Waals surface area (Å²) in [5.74, 6) is -1.32. The summed E-state index contributed by atoms with van der Waals surface area (Å²) in [7, 11) is -9.91. The van der Waals surface area contributed by atoms with Crippen molar-refractivity contribution in [3.05, 3.63) is 0 Å². The van der Waals surface area contributed by atoms with Gasteiger partial charge in [-0.1, -0.05) is 375 Å². The lowest BCUT2D eigenvalue weighted by atomic mass is 10.0. The summed E-state index contributed by atoms with van der Waals surface area (Å²) in [5.41, 5.74) is 0. The summed E-state index contributed by atoms with van der Waals surface area (Å²) in [6.07, 6.45) is 63.7. The third-order valence-electron chi connectivity index (χ3n) is 18.8. The van der Waals surface area contributed by atoms with Gasteiger partial charge in [-0.3, -0.25) is 37.3 Å². The Morgan fingerprint density at radius 3 is 0.687 bits per heavy atom. The normalized spacial score (nSPS) is 13.9. The Morgan fingerprint density at radius 2 is 0.465 bits per heavy atom. The number of phosphoric acid groups is 2. The highest BCUT2D eigenvalue weighted by molar-refractivity contribution is 7.47. The van der Waals surface area contributed by atoms with E-state index in [1.807, 2.05) is 0 Å². The van der Waals surface area contributed by atoms with Crippen LogP contribution in [-0.2, 0) is 65.4 Å². The number of carbonyl (C=O) groups is 4. The highest BCUT2D eigenvalue weighted by atomic mass is 31.2. The standard InChI is InChI=1S/C80H156O17P2/c1-6-9-12-15-18-21-24-26-27-28-29-30-31-32-35-41-46-51-56-61-66-80(85)97-76(70-91-78(83)64-59-54-49-44-40-36-33-34-38-42-47-52-57-62-73(4)5)72-95-99(88,89)93-68-74(81)67-92-98(86,87)94-71-75(69-90-77(82)63-58-53-48-43-37-23-20-17-14-11-8-3)96-79(84)65-60-55-50-45-39-25-22-19-16-13-10-7-2/h73-76,81H,6-72H2,1-5H3,(H,86,87)(H,88,89)/t74-,75+,76+/m0/s1. The van der Waals surface area contributed by atoms with Crippen molar-refractivity contribution >= 4 is 39.5 Å². The van der Waals surface area contributed by atoms with Crippen molar-refractivity contribution in [1.82, 2.24) is 0 Å².